The minimum absolute atomic E-state index is 0.127. The van der Waals surface area contributed by atoms with Gasteiger partial charge in [-0.15, -0.1) is 6.42 Å². The van der Waals surface area contributed by atoms with Crippen molar-refractivity contribution in [2.45, 2.75) is 0 Å². The van der Waals surface area contributed by atoms with E-state index in [1.807, 2.05) is 18.2 Å². The van der Waals surface area contributed by atoms with Crippen molar-refractivity contribution in [3.05, 3.63) is 27.1 Å². The average Bonchev–Trinajstić information content (AvgIpc) is 2.23. The first-order valence-corrected chi connectivity index (χ1v) is 6.11. The fourth-order valence-electron chi connectivity index (χ4n) is 1.03. The lowest BCUT2D eigenvalue weighted by Crippen LogP contribution is -2.28. The molecule has 0 aromatic heterocycles. The van der Waals surface area contributed by atoms with E-state index in [1.165, 1.54) is 0 Å². The molecule has 0 heterocycles. The van der Waals surface area contributed by atoms with E-state index >= 15 is 0 Å². The highest BCUT2D eigenvalue weighted by Crippen LogP contribution is 2.25. The molecule has 1 aromatic carbocycles. The maximum atomic E-state index is 11.4. The average molecular weight is 346 g/mol. The second-order valence-corrected chi connectivity index (χ2v) is 4.75. The summed E-state index contributed by atoms with van der Waals surface area (Å²) in [5, 5.41) is 5.57. The van der Waals surface area contributed by atoms with Crippen LogP contribution in [-0.4, -0.2) is 19.0 Å². The Hall–Kier alpha value is -0.830. The number of halogens is 2. The van der Waals surface area contributed by atoms with Gasteiger partial charge in [0.1, 0.15) is 0 Å². The fraction of sp³-hybridized carbons (Fsp3) is 0.182. The molecule has 84 valence electrons. The summed E-state index contributed by atoms with van der Waals surface area (Å²) < 4.78 is 1.77. The van der Waals surface area contributed by atoms with Crippen LogP contribution in [0.1, 0.15) is 0 Å². The first-order chi connectivity index (χ1) is 7.63. The number of rotatable bonds is 4. The summed E-state index contributed by atoms with van der Waals surface area (Å²) in [6, 6.07) is 5.53. The maximum absolute atomic E-state index is 11.4. The molecule has 1 rings (SSSR count). The van der Waals surface area contributed by atoms with Gasteiger partial charge in [0.15, 0.2) is 0 Å². The van der Waals surface area contributed by atoms with Gasteiger partial charge in [0, 0.05) is 8.95 Å². The number of hydrogen-bond donors (Lipinski definition) is 2. The molecule has 0 aliphatic heterocycles. The van der Waals surface area contributed by atoms with Gasteiger partial charge in [-0.05, 0) is 34.1 Å². The van der Waals surface area contributed by atoms with Gasteiger partial charge in [-0.3, -0.25) is 10.1 Å². The molecular weight excluding hydrogens is 336 g/mol. The summed E-state index contributed by atoms with van der Waals surface area (Å²) in [4.78, 5) is 11.4. The van der Waals surface area contributed by atoms with Gasteiger partial charge < -0.3 is 5.32 Å². The molecule has 16 heavy (non-hydrogen) atoms. The predicted octanol–water partition coefficient (Wildman–Crippen LogP) is 2.37. The summed E-state index contributed by atoms with van der Waals surface area (Å²) in [7, 11) is 0. The maximum Gasteiger partial charge on any atom is 0.238 e. The largest absolute Gasteiger partial charge is 0.324 e. The monoisotopic (exact) mass is 344 g/mol. The molecular formula is C11H10Br2N2O. The first-order valence-electron chi connectivity index (χ1n) is 4.52. The number of benzene rings is 1. The van der Waals surface area contributed by atoms with Gasteiger partial charge in [0.05, 0.1) is 18.8 Å². The van der Waals surface area contributed by atoms with E-state index < -0.39 is 0 Å². The summed E-state index contributed by atoms with van der Waals surface area (Å²) in [6.45, 7) is 0.585. The van der Waals surface area contributed by atoms with Crippen molar-refractivity contribution in [2.24, 2.45) is 0 Å². The van der Waals surface area contributed by atoms with Crippen LogP contribution in [0, 0.1) is 12.3 Å². The van der Waals surface area contributed by atoms with Crippen LogP contribution in [-0.2, 0) is 4.79 Å². The number of nitrogens with one attached hydrogen (secondary N) is 2. The molecule has 0 aliphatic carbocycles. The molecule has 0 fully saturated rings. The van der Waals surface area contributed by atoms with Crippen LogP contribution >= 0.6 is 31.9 Å². The first kappa shape index (κ1) is 13.2. The molecule has 5 heteroatoms. The molecule has 2 N–H and O–H groups in total. The Morgan fingerprint density at radius 3 is 2.81 bits per heavy atom. The summed E-state index contributed by atoms with van der Waals surface area (Å²) in [6.07, 6.45) is 5.05. The molecule has 0 aliphatic rings. The number of hydrogen-bond acceptors (Lipinski definition) is 2. The molecule has 0 saturated carbocycles. The zero-order chi connectivity index (χ0) is 12.0. The third-order valence-corrected chi connectivity index (χ3v) is 2.87. The van der Waals surface area contributed by atoms with E-state index in [1.54, 1.807) is 0 Å². The van der Waals surface area contributed by atoms with E-state index in [-0.39, 0.29) is 12.5 Å². The summed E-state index contributed by atoms with van der Waals surface area (Å²) in [5.41, 5.74) is 0.732. The molecule has 0 unspecified atom stereocenters. The van der Waals surface area contributed by atoms with Crippen molar-refractivity contribution in [1.29, 1.82) is 0 Å². The molecule has 0 radical (unpaired) electrons. The second kappa shape index (κ2) is 6.69. The van der Waals surface area contributed by atoms with Crippen LogP contribution in [0.3, 0.4) is 0 Å². The third kappa shape index (κ3) is 4.35. The lowest BCUT2D eigenvalue weighted by Gasteiger charge is -2.07. The highest BCUT2D eigenvalue weighted by Gasteiger charge is 2.04. The van der Waals surface area contributed by atoms with Gasteiger partial charge in [-0.25, -0.2) is 0 Å². The molecule has 0 saturated heterocycles. The smallest absolute Gasteiger partial charge is 0.238 e. The topological polar surface area (TPSA) is 41.1 Å². The van der Waals surface area contributed by atoms with Crippen LogP contribution < -0.4 is 10.6 Å². The number of carbonyl (C=O) groups excluding carboxylic acids is 1. The number of amides is 1. The van der Waals surface area contributed by atoms with E-state index in [2.05, 4.69) is 48.4 Å². The van der Waals surface area contributed by atoms with Crippen molar-refractivity contribution >= 4 is 43.5 Å². The van der Waals surface area contributed by atoms with Gasteiger partial charge in [-0.1, -0.05) is 21.9 Å². The predicted molar refractivity (Wildman–Crippen MR) is 72.2 cm³/mol. The van der Waals surface area contributed by atoms with Crippen molar-refractivity contribution in [1.82, 2.24) is 5.32 Å². The van der Waals surface area contributed by atoms with Gasteiger partial charge >= 0.3 is 0 Å². The highest BCUT2D eigenvalue weighted by molar-refractivity contribution is 9.11. The number of terminal acetylenes is 1. The molecule has 3 nitrogen and oxygen atoms in total. The Labute approximate surface area is 111 Å². The van der Waals surface area contributed by atoms with Gasteiger partial charge in [0.25, 0.3) is 0 Å². The molecule has 0 spiro atoms. The molecule has 0 atom stereocenters. The minimum Gasteiger partial charge on any atom is -0.324 e. The highest BCUT2D eigenvalue weighted by atomic mass is 79.9. The standard InChI is InChI=1S/C11H10Br2N2O/c1-2-5-14-7-11(16)15-10-4-3-8(12)6-9(10)13/h1,3-4,6,14H,5,7H2,(H,15,16). The Kier molecular flexibility index (Phi) is 5.53. The Morgan fingerprint density at radius 1 is 1.44 bits per heavy atom. The Balaban J connectivity index is 2.53. The van der Waals surface area contributed by atoms with E-state index in [0.717, 1.165) is 14.6 Å². The van der Waals surface area contributed by atoms with Crippen LogP contribution in [0.15, 0.2) is 27.1 Å². The summed E-state index contributed by atoms with van der Waals surface area (Å²) in [5.74, 6) is 2.27. The van der Waals surface area contributed by atoms with Crippen molar-refractivity contribution < 1.29 is 4.79 Å². The Bertz CT molecular complexity index is 426. The van der Waals surface area contributed by atoms with Crippen molar-refractivity contribution in [2.75, 3.05) is 18.4 Å². The van der Waals surface area contributed by atoms with E-state index in [4.69, 9.17) is 6.42 Å². The molecule has 1 aromatic rings. The molecule has 1 amide bonds. The van der Waals surface area contributed by atoms with Crippen LogP contribution in [0.5, 0.6) is 0 Å². The van der Waals surface area contributed by atoms with E-state index in [0.29, 0.717) is 6.54 Å². The lowest BCUT2D eigenvalue weighted by atomic mass is 10.3. The van der Waals surface area contributed by atoms with Gasteiger partial charge in [-0.2, -0.15) is 0 Å². The quantitative estimate of drug-likeness (QED) is 0.649. The third-order valence-electron chi connectivity index (χ3n) is 1.72. The van der Waals surface area contributed by atoms with Gasteiger partial charge in [0.2, 0.25) is 5.91 Å². The Morgan fingerprint density at radius 2 is 2.19 bits per heavy atom. The lowest BCUT2D eigenvalue weighted by molar-refractivity contribution is -0.115. The van der Waals surface area contributed by atoms with Crippen LogP contribution in [0.25, 0.3) is 0 Å². The zero-order valence-electron chi connectivity index (χ0n) is 8.39. The van der Waals surface area contributed by atoms with Crippen LogP contribution in [0.2, 0.25) is 0 Å². The van der Waals surface area contributed by atoms with E-state index in [9.17, 15) is 4.79 Å². The SMILES string of the molecule is C#CCNCC(=O)Nc1ccc(Br)cc1Br. The second-order valence-electron chi connectivity index (χ2n) is 2.98. The van der Waals surface area contributed by atoms with Crippen molar-refractivity contribution in [3.8, 4) is 12.3 Å². The zero-order valence-corrected chi connectivity index (χ0v) is 11.6. The fourth-order valence-corrected chi connectivity index (χ4v) is 2.18. The van der Waals surface area contributed by atoms with Crippen LogP contribution in [0.4, 0.5) is 5.69 Å². The summed E-state index contributed by atoms with van der Waals surface area (Å²) >= 11 is 6.70. The number of anilines is 1. The molecule has 0 bridgehead atoms. The van der Waals surface area contributed by atoms with Crippen molar-refractivity contribution in [3.63, 3.8) is 0 Å². The minimum atomic E-state index is -0.127. The number of carbonyl (C=O) groups is 1. The normalized spacial score (nSPS) is 9.56.